The summed E-state index contributed by atoms with van der Waals surface area (Å²) < 4.78 is 18.3. The van der Waals surface area contributed by atoms with Crippen molar-refractivity contribution in [3.8, 4) is 5.75 Å². The van der Waals surface area contributed by atoms with Crippen molar-refractivity contribution >= 4 is 22.6 Å². The summed E-state index contributed by atoms with van der Waals surface area (Å²) in [7, 11) is 0. The standard InChI is InChI=1S/C17H19FN2OS/c1-12-9-13(2)11-15(10-12)20-17(19)22-8-7-21-16-5-3-14(18)4-6-16/h3-6,9-11H,7-8H2,1-2H3,(H2,19,20). The normalized spacial score (nSPS) is 11.5. The van der Waals surface area contributed by atoms with Gasteiger partial charge in [0.1, 0.15) is 11.6 Å². The predicted octanol–water partition coefficient (Wildman–Crippen LogP) is 4.20. The van der Waals surface area contributed by atoms with Gasteiger partial charge in [0, 0.05) is 5.75 Å². The molecule has 0 unspecified atom stereocenters. The van der Waals surface area contributed by atoms with Crippen LogP contribution in [0.2, 0.25) is 0 Å². The lowest BCUT2D eigenvalue weighted by Crippen LogP contribution is -2.10. The maximum absolute atomic E-state index is 12.8. The average molecular weight is 318 g/mol. The first kappa shape index (κ1) is 16.4. The van der Waals surface area contributed by atoms with Crippen molar-refractivity contribution < 1.29 is 9.13 Å². The van der Waals surface area contributed by atoms with Gasteiger partial charge in [0.15, 0.2) is 5.17 Å². The fraction of sp³-hybridized carbons (Fsp3) is 0.235. The monoisotopic (exact) mass is 318 g/mol. The Hall–Kier alpha value is -2.01. The fourth-order valence-corrected chi connectivity index (χ4v) is 2.56. The van der Waals surface area contributed by atoms with Crippen LogP contribution in [-0.2, 0) is 0 Å². The van der Waals surface area contributed by atoms with Crippen LogP contribution in [-0.4, -0.2) is 17.5 Å². The number of nitrogens with two attached hydrogens (primary N) is 1. The van der Waals surface area contributed by atoms with Crippen molar-refractivity contribution in [3.63, 3.8) is 0 Å². The van der Waals surface area contributed by atoms with Crippen LogP contribution < -0.4 is 10.5 Å². The highest BCUT2D eigenvalue weighted by Crippen LogP contribution is 2.18. The molecule has 0 aromatic heterocycles. The largest absolute Gasteiger partial charge is 0.493 e. The van der Waals surface area contributed by atoms with E-state index in [2.05, 4.69) is 11.1 Å². The number of hydrogen-bond acceptors (Lipinski definition) is 3. The number of amidine groups is 1. The van der Waals surface area contributed by atoms with Gasteiger partial charge in [-0.15, -0.1) is 0 Å². The van der Waals surface area contributed by atoms with Gasteiger partial charge < -0.3 is 10.5 Å². The zero-order valence-electron chi connectivity index (χ0n) is 12.7. The summed E-state index contributed by atoms with van der Waals surface area (Å²) in [6, 6.07) is 12.0. The van der Waals surface area contributed by atoms with E-state index in [-0.39, 0.29) is 5.82 Å². The van der Waals surface area contributed by atoms with Crippen LogP contribution in [0.4, 0.5) is 10.1 Å². The second-order valence-electron chi connectivity index (χ2n) is 4.95. The minimum absolute atomic E-state index is 0.272. The third-order valence-corrected chi connectivity index (χ3v) is 3.62. The molecular weight excluding hydrogens is 299 g/mol. The molecule has 2 aromatic carbocycles. The summed E-state index contributed by atoms with van der Waals surface area (Å²) in [6.45, 7) is 4.55. The van der Waals surface area contributed by atoms with Gasteiger partial charge in [0.05, 0.1) is 12.3 Å². The first-order chi connectivity index (χ1) is 10.5. The van der Waals surface area contributed by atoms with E-state index in [9.17, 15) is 4.39 Å². The summed E-state index contributed by atoms with van der Waals surface area (Å²) in [6.07, 6.45) is 0. The number of rotatable bonds is 5. The SMILES string of the molecule is Cc1cc(C)cc(N=C(N)SCCOc2ccc(F)cc2)c1. The number of aryl methyl sites for hydroxylation is 2. The molecule has 2 aromatic rings. The lowest BCUT2D eigenvalue weighted by Gasteiger charge is -2.06. The number of hydrogen-bond donors (Lipinski definition) is 1. The Kier molecular flexibility index (Phi) is 5.83. The van der Waals surface area contributed by atoms with Gasteiger partial charge in [-0.2, -0.15) is 0 Å². The van der Waals surface area contributed by atoms with Gasteiger partial charge in [-0.3, -0.25) is 0 Å². The van der Waals surface area contributed by atoms with Crippen LogP contribution in [0, 0.1) is 19.7 Å². The zero-order valence-corrected chi connectivity index (χ0v) is 13.5. The Morgan fingerprint density at radius 1 is 1.14 bits per heavy atom. The third kappa shape index (κ3) is 5.41. The molecule has 2 N–H and O–H groups in total. The number of ether oxygens (including phenoxy) is 1. The quantitative estimate of drug-likeness (QED) is 0.510. The molecule has 2 rings (SSSR count). The van der Waals surface area contributed by atoms with Crippen LogP contribution in [0.25, 0.3) is 0 Å². The van der Waals surface area contributed by atoms with Gasteiger partial charge in [-0.25, -0.2) is 9.38 Å². The fourth-order valence-electron chi connectivity index (χ4n) is 2.01. The van der Waals surface area contributed by atoms with Crippen LogP contribution in [0.1, 0.15) is 11.1 Å². The topological polar surface area (TPSA) is 47.6 Å². The van der Waals surface area contributed by atoms with Crippen LogP contribution >= 0.6 is 11.8 Å². The van der Waals surface area contributed by atoms with Gasteiger partial charge in [0.2, 0.25) is 0 Å². The Morgan fingerprint density at radius 2 is 1.77 bits per heavy atom. The summed E-state index contributed by atoms with van der Waals surface area (Å²) in [4.78, 5) is 4.39. The van der Waals surface area contributed by atoms with E-state index < -0.39 is 0 Å². The third-order valence-electron chi connectivity index (χ3n) is 2.86. The second kappa shape index (κ2) is 7.84. The lowest BCUT2D eigenvalue weighted by atomic mass is 10.1. The molecule has 0 fully saturated rings. The number of halogens is 1. The number of aliphatic imine (C=N–C) groups is 1. The highest BCUT2D eigenvalue weighted by atomic mass is 32.2. The molecule has 3 nitrogen and oxygen atoms in total. The molecule has 116 valence electrons. The molecule has 0 radical (unpaired) electrons. The molecule has 0 spiro atoms. The molecule has 0 aliphatic heterocycles. The average Bonchev–Trinajstić information content (AvgIpc) is 2.44. The molecule has 0 saturated heterocycles. The molecule has 0 amide bonds. The molecule has 0 heterocycles. The second-order valence-corrected chi connectivity index (χ2v) is 6.06. The van der Waals surface area contributed by atoms with Crippen molar-refractivity contribution in [3.05, 3.63) is 59.4 Å². The predicted molar refractivity (Wildman–Crippen MR) is 91.6 cm³/mol. The summed E-state index contributed by atoms with van der Waals surface area (Å²) in [5, 5.41) is 0.507. The molecule has 0 aliphatic rings. The maximum atomic E-state index is 12.8. The van der Waals surface area contributed by atoms with Crippen LogP contribution in [0.3, 0.4) is 0 Å². The minimum Gasteiger partial charge on any atom is -0.493 e. The molecule has 0 bridgehead atoms. The highest BCUT2D eigenvalue weighted by molar-refractivity contribution is 8.13. The Labute approximate surface area is 134 Å². The Bertz CT molecular complexity index is 636. The van der Waals surface area contributed by atoms with E-state index in [4.69, 9.17) is 10.5 Å². The number of nitrogens with zero attached hydrogens (tertiary/aromatic N) is 1. The van der Waals surface area contributed by atoms with Crippen LogP contribution in [0.15, 0.2) is 47.5 Å². The maximum Gasteiger partial charge on any atom is 0.159 e. The van der Waals surface area contributed by atoms with Crippen molar-refractivity contribution in [2.45, 2.75) is 13.8 Å². The van der Waals surface area contributed by atoms with E-state index in [1.807, 2.05) is 26.0 Å². The zero-order chi connectivity index (χ0) is 15.9. The van der Waals surface area contributed by atoms with E-state index in [0.29, 0.717) is 23.3 Å². The van der Waals surface area contributed by atoms with Gasteiger partial charge in [-0.1, -0.05) is 17.8 Å². The lowest BCUT2D eigenvalue weighted by molar-refractivity contribution is 0.343. The van der Waals surface area contributed by atoms with Gasteiger partial charge in [0.25, 0.3) is 0 Å². The summed E-state index contributed by atoms with van der Waals surface area (Å²) in [5.74, 6) is 1.05. The van der Waals surface area contributed by atoms with Crippen molar-refractivity contribution in [1.82, 2.24) is 0 Å². The van der Waals surface area contributed by atoms with Gasteiger partial charge in [-0.05, 0) is 61.4 Å². The van der Waals surface area contributed by atoms with Crippen molar-refractivity contribution in [2.75, 3.05) is 12.4 Å². The van der Waals surface area contributed by atoms with Crippen LogP contribution in [0.5, 0.6) is 5.75 Å². The Balaban J connectivity index is 1.80. The number of benzene rings is 2. The highest BCUT2D eigenvalue weighted by Gasteiger charge is 1.99. The van der Waals surface area contributed by atoms with Crippen molar-refractivity contribution in [2.24, 2.45) is 10.7 Å². The molecule has 0 saturated carbocycles. The van der Waals surface area contributed by atoms with E-state index in [1.54, 1.807) is 12.1 Å². The van der Waals surface area contributed by atoms with E-state index in [0.717, 1.165) is 16.8 Å². The van der Waals surface area contributed by atoms with Gasteiger partial charge >= 0.3 is 0 Å². The summed E-state index contributed by atoms with van der Waals surface area (Å²) >= 11 is 1.43. The summed E-state index contributed by atoms with van der Waals surface area (Å²) in [5.41, 5.74) is 9.10. The molecule has 0 aliphatic carbocycles. The first-order valence-corrected chi connectivity index (χ1v) is 7.95. The first-order valence-electron chi connectivity index (χ1n) is 6.96. The molecule has 22 heavy (non-hydrogen) atoms. The smallest absolute Gasteiger partial charge is 0.159 e. The molecular formula is C17H19FN2OS. The molecule has 5 heteroatoms. The Morgan fingerprint density at radius 3 is 2.41 bits per heavy atom. The van der Waals surface area contributed by atoms with Crippen molar-refractivity contribution in [1.29, 1.82) is 0 Å². The minimum atomic E-state index is -0.272. The number of thioether (sulfide) groups is 1. The van der Waals surface area contributed by atoms with E-state index in [1.165, 1.54) is 23.9 Å². The molecule has 0 atom stereocenters. The van der Waals surface area contributed by atoms with E-state index >= 15 is 0 Å².